The Balaban J connectivity index is 0.00000400. The average molecular weight is 411 g/mol. The lowest BCUT2D eigenvalue weighted by atomic mass is 10.0. The molecule has 1 heterocycles. The smallest absolute Gasteiger partial charge is 0.193 e. The van der Waals surface area contributed by atoms with E-state index in [1.54, 1.807) is 0 Å². The molecule has 1 rings (SSSR count). The fourth-order valence-corrected chi connectivity index (χ4v) is 2.48. The zero-order valence-corrected chi connectivity index (χ0v) is 16.6. The Kier molecular flexibility index (Phi) is 12.5. The number of nitrogens with zero attached hydrogens (tertiary/aromatic N) is 2. The second-order valence-corrected chi connectivity index (χ2v) is 6.25. The lowest BCUT2D eigenvalue weighted by Crippen LogP contribution is -2.46. The van der Waals surface area contributed by atoms with E-state index in [0.717, 1.165) is 57.7 Å². The number of likely N-dealkylation sites (tertiary alicyclic amines) is 1. The number of hydrogen-bond acceptors (Lipinski definition) is 2. The summed E-state index contributed by atoms with van der Waals surface area (Å²) >= 11 is 0. The van der Waals surface area contributed by atoms with Gasteiger partial charge in [0, 0.05) is 39.4 Å². The van der Waals surface area contributed by atoms with Crippen LogP contribution in [0.3, 0.4) is 0 Å². The van der Waals surface area contributed by atoms with Gasteiger partial charge in [-0.05, 0) is 38.0 Å². The first-order chi connectivity index (χ1) is 9.63. The van der Waals surface area contributed by atoms with Crippen LogP contribution in [0.5, 0.6) is 0 Å². The van der Waals surface area contributed by atoms with Crippen molar-refractivity contribution in [2.75, 3.05) is 39.4 Å². The lowest BCUT2D eigenvalue weighted by molar-refractivity contribution is 0.109. The minimum absolute atomic E-state index is 0. The molecule has 0 aromatic carbocycles. The molecule has 0 amide bonds. The van der Waals surface area contributed by atoms with E-state index in [1.807, 2.05) is 0 Å². The fraction of sp³-hybridized carbons (Fsp3) is 0.938. The van der Waals surface area contributed by atoms with E-state index in [9.17, 15) is 0 Å². The van der Waals surface area contributed by atoms with Gasteiger partial charge in [0.15, 0.2) is 5.96 Å². The number of ether oxygens (including phenoxy) is 1. The van der Waals surface area contributed by atoms with Gasteiger partial charge in [-0.3, -0.25) is 4.99 Å². The third kappa shape index (κ3) is 9.55. The molecule has 0 spiro atoms. The topological polar surface area (TPSA) is 36.9 Å². The number of piperidine rings is 1. The number of rotatable bonds is 7. The van der Waals surface area contributed by atoms with Crippen LogP contribution in [0.25, 0.3) is 0 Å². The Labute approximate surface area is 148 Å². The molecule has 1 N–H and O–H groups in total. The van der Waals surface area contributed by atoms with Gasteiger partial charge in [-0.25, -0.2) is 0 Å². The summed E-state index contributed by atoms with van der Waals surface area (Å²) in [4.78, 5) is 7.15. The van der Waals surface area contributed by atoms with E-state index in [-0.39, 0.29) is 24.0 Å². The van der Waals surface area contributed by atoms with Crippen LogP contribution in [0.2, 0.25) is 0 Å². The standard InChI is InChI=1S/C16H33N3O.HI/c1-5-17-16(19-10-6-8-15(4)12-19)18-9-7-11-20-13-14(2)3;/h14-15H,5-13H2,1-4H3,(H,17,18);1H. The van der Waals surface area contributed by atoms with E-state index in [2.05, 4.69) is 37.9 Å². The van der Waals surface area contributed by atoms with Crippen molar-refractivity contribution in [1.29, 1.82) is 0 Å². The van der Waals surface area contributed by atoms with Crippen LogP contribution in [0.1, 0.15) is 47.0 Å². The van der Waals surface area contributed by atoms with Crippen LogP contribution in [-0.4, -0.2) is 50.3 Å². The molecule has 0 aliphatic carbocycles. The number of aliphatic imine (C=N–C) groups is 1. The fourth-order valence-electron chi connectivity index (χ4n) is 2.48. The Bertz CT molecular complexity index is 285. The summed E-state index contributed by atoms with van der Waals surface area (Å²) in [5.74, 6) is 2.48. The molecule has 21 heavy (non-hydrogen) atoms. The predicted molar refractivity (Wildman–Crippen MR) is 102 cm³/mol. The van der Waals surface area contributed by atoms with Gasteiger partial charge in [0.25, 0.3) is 0 Å². The van der Waals surface area contributed by atoms with Crippen LogP contribution in [0.15, 0.2) is 4.99 Å². The minimum Gasteiger partial charge on any atom is -0.381 e. The molecule has 1 unspecified atom stereocenters. The van der Waals surface area contributed by atoms with Crippen LogP contribution >= 0.6 is 24.0 Å². The molecule has 1 atom stereocenters. The van der Waals surface area contributed by atoms with Gasteiger partial charge >= 0.3 is 0 Å². The number of halogens is 1. The summed E-state index contributed by atoms with van der Waals surface area (Å²) in [5, 5.41) is 3.42. The zero-order valence-electron chi connectivity index (χ0n) is 14.2. The van der Waals surface area contributed by atoms with Gasteiger partial charge in [0.05, 0.1) is 0 Å². The van der Waals surface area contributed by atoms with E-state index >= 15 is 0 Å². The van der Waals surface area contributed by atoms with Gasteiger partial charge in [0.2, 0.25) is 0 Å². The van der Waals surface area contributed by atoms with Crippen LogP contribution < -0.4 is 5.32 Å². The number of nitrogens with one attached hydrogen (secondary N) is 1. The molecule has 0 bridgehead atoms. The number of guanidine groups is 1. The SMILES string of the molecule is CCNC(=NCCCOCC(C)C)N1CCCC(C)C1.I. The Morgan fingerprint density at radius 3 is 2.81 bits per heavy atom. The van der Waals surface area contributed by atoms with Crippen molar-refractivity contribution in [3.8, 4) is 0 Å². The normalized spacial score (nSPS) is 19.6. The molecule has 1 aliphatic heterocycles. The van der Waals surface area contributed by atoms with Crippen molar-refractivity contribution in [2.24, 2.45) is 16.8 Å². The highest BCUT2D eigenvalue weighted by molar-refractivity contribution is 14.0. The van der Waals surface area contributed by atoms with Gasteiger partial charge < -0.3 is 15.0 Å². The van der Waals surface area contributed by atoms with E-state index in [4.69, 9.17) is 9.73 Å². The van der Waals surface area contributed by atoms with Gasteiger partial charge in [-0.2, -0.15) is 0 Å². The van der Waals surface area contributed by atoms with Crippen molar-refractivity contribution in [3.63, 3.8) is 0 Å². The highest BCUT2D eigenvalue weighted by Crippen LogP contribution is 2.15. The van der Waals surface area contributed by atoms with Crippen molar-refractivity contribution < 1.29 is 4.74 Å². The average Bonchev–Trinajstić information content (AvgIpc) is 2.41. The molecule has 0 saturated carbocycles. The number of hydrogen-bond donors (Lipinski definition) is 1. The Morgan fingerprint density at radius 1 is 1.43 bits per heavy atom. The molecular weight excluding hydrogens is 377 g/mol. The minimum atomic E-state index is 0. The highest BCUT2D eigenvalue weighted by atomic mass is 127. The summed E-state index contributed by atoms with van der Waals surface area (Å²) in [7, 11) is 0. The largest absolute Gasteiger partial charge is 0.381 e. The first-order valence-corrected chi connectivity index (χ1v) is 8.24. The third-order valence-electron chi connectivity index (χ3n) is 3.45. The van der Waals surface area contributed by atoms with Crippen molar-refractivity contribution in [1.82, 2.24) is 10.2 Å². The maximum atomic E-state index is 5.60. The summed E-state index contributed by atoms with van der Waals surface area (Å²) in [6.07, 6.45) is 3.63. The molecule has 4 nitrogen and oxygen atoms in total. The van der Waals surface area contributed by atoms with E-state index in [0.29, 0.717) is 5.92 Å². The summed E-state index contributed by atoms with van der Waals surface area (Å²) in [6, 6.07) is 0. The molecule has 0 aromatic heterocycles. The lowest BCUT2D eigenvalue weighted by Gasteiger charge is -2.33. The molecule has 5 heteroatoms. The van der Waals surface area contributed by atoms with Crippen LogP contribution in [0, 0.1) is 11.8 Å². The first kappa shape index (κ1) is 21.0. The van der Waals surface area contributed by atoms with Crippen molar-refractivity contribution in [3.05, 3.63) is 0 Å². The van der Waals surface area contributed by atoms with Crippen molar-refractivity contribution >= 4 is 29.9 Å². The van der Waals surface area contributed by atoms with E-state index < -0.39 is 0 Å². The monoisotopic (exact) mass is 411 g/mol. The Hall–Kier alpha value is -0.0400. The maximum absolute atomic E-state index is 5.60. The maximum Gasteiger partial charge on any atom is 0.193 e. The van der Waals surface area contributed by atoms with E-state index in [1.165, 1.54) is 12.8 Å². The molecule has 0 radical (unpaired) electrons. The molecule has 0 aromatic rings. The van der Waals surface area contributed by atoms with Crippen LogP contribution in [0.4, 0.5) is 0 Å². The third-order valence-corrected chi connectivity index (χ3v) is 3.45. The Morgan fingerprint density at radius 2 is 2.19 bits per heavy atom. The highest BCUT2D eigenvalue weighted by Gasteiger charge is 2.18. The predicted octanol–water partition coefficient (Wildman–Crippen LogP) is 3.36. The molecule has 1 aliphatic rings. The molecule has 126 valence electrons. The van der Waals surface area contributed by atoms with Crippen LogP contribution in [-0.2, 0) is 4.74 Å². The second-order valence-electron chi connectivity index (χ2n) is 6.25. The van der Waals surface area contributed by atoms with Gasteiger partial charge in [0.1, 0.15) is 0 Å². The zero-order chi connectivity index (χ0) is 14.8. The quantitative estimate of drug-likeness (QED) is 0.302. The summed E-state index contributed by atoms with van der Waals surface area (Å²) in [5.41, 5.74) is 0. The summed E-state index contributed by atoms with van der Waals surface area (Å²) in [6.45, 7) is 14.6. The molecule has 1 saturated heterocycles. The summed E-state index contributed by atoms with van der Waals surface area (Å²) < 4.78 is 5.60. The van der Waals surface area contributed by atoms with Gasteiger partial charge in [-0.15, -0.1) is 24.0 Å². The van der Waals surface area contributed by atoms with Gasteiger partial charge in [-0.1, -0.05) is 20.8 Å². The van der Waals surface area contributed by atoms with Crippen molar-refractivity contribution in [2.45, 2.75) is 47.0 Å². The molecule has 1 fully saturated rings. The second kappa shape index (κ2) is 12.5. The first-order valence-electron chi connectivity index (χ1n) is 8.24. The molecular formula is C16H34IN3O.